The van der Waals surface area contributed by atoms with Gasteiger partial charge in [0.05, 0.1) is 12.0 Å². The first-order valence-electron chi connectivity index (χ1n) is 7.94. The molecule has 2 N–H and O–H groups in total. The molecule has 0 saturated heterocycles. The molecule has 0 aliphatic heterocycles. The summed E-state index contributed by atoms with van der Waals surface area (Å²) in [6, 6.07) is 13.0. The monoisotopic (exact) mass is 373 g/mol. The number of aromatic nitrogens is 2. The first kappa shape index (κ1) is 18.0. The van der Waals surface area contributed by atoms with Crippen LogP contribution in [0.25, 0.3) is 11.4 Å². The fourth-order valence-corrected chi connectivity index (χ4v) is 3.55. The molecule has 0 atom stereocenters. The summed E-state index contributed by atoms with van der Waals surface area (Å²) in [6.07, 6.45) is 3.40. The number of imidazole rings is 1. The number of sulfonamides is 1. The molecule has 0 bridgehead atoms. The quantitative estimate of drug-likeness (QED) is 0.662. The molecule has 0 radical (unpaired) electrons. The first-order valence-corrected chi connectivity index (χ1v) is 9.42. The summed E-state index contributed by atoms with van der Waals surface area (Å²) in [7, 11) is -2.08. The van der Waals surface area contributed by atoms with Crippen molar-refractivity contribution in [3.05, 3.63) is 60.9 Å². The molecule has 8 heteroatoms. The zero-order valence-electron chi connectivity index (χ0n) is 14.2. The predicted octanol–water partition coefficient (Wildman–Crippen LogP) is 2.24. The van der Waals surface area contributed by atoms with Gasteiger partial charge in [0.1, 0.15) is 17.3 Å². The second-order valence-corrected chi connectivity index (χ2v) is 7.33. The van der Waals surface area contributed by atoms with Gasteiger partial charge in [-0.1, -0.05) is 12.1 Å². The molecule has 26 heavy (non-hydrogen) atoms. The van der Waals surface area contributed by atoms with Gasteiger partial charge in [0.2, 0.25) is 10.0 Å². The van der Waals surface area contributed by atoms with Crippen molar-refractivity contribution in [2.24, 2.45) is 0 Å². The molecule has 0 spiro atoms. The van der Waals surface area contributed by atoms with Crippen molar-refractivity contribution in [1.29, 1.82) is 0 Å². The van der Waals surface area contributed by atoms with Gasteiger partial charge < -0.3 is 14.4 Å². The molecule has 0 fully saturated rings. The third kappa shape index (κ3) is 4.04. The number of nitrogens with one attached hydrogen (secondary N) is 1. The van der Waals surface area contributed by atoms with Crippen molar-refractivity contribution in [2.45, 2.75) is 11.4 Å². The number of aromatic hydroxyl groups is 1. The van der Waals surface area contributed by atoms with Crippen LogP contribution in [0.2, 0.25) is 0 Å². The Morgan fingerprint density at radius 1 is 1.19 bits per heavy atom. The van der Waals surface area contributed by atoms with Crippen LogP contribution in [0.4, 0.5) is 0 Å². The van der Waals surface area contributed by atoms with E-state index < -0.39 is 10.0 Å². The molecule has 3 rings (SSSR count). The molecule has 0 saturated carbocycles. The second kappa shape index (κ2) is 7.59. The lowest BCUT2D eigenvalue weighted by atomic mass is 10.2. The highest BCUT2D eigenvalue weighted by Crippen LogP contribution is 2.21. The second-order valence-electron chi connectivity index (χ2n) is 5.57. The normalized spacial score (nSPS) is 11.4. The fraction of sp³-hybridized carbons (Fsp3) is 0.167. The minimum atomic E-state index is -3.60. The molecule has 1 aromatic heterocycles. The van der Waals surface area contributed by atoms with Gasteiger partial charge in [-0.3, -0.25) is 0 Å². The van der Waals surface area contributed by atoms with E-state index in [0.29, 0.717) is 18.1 Å². The SMILES string of the molecule is COc1ccc(S(=O)(=O)NCCn2ccnc2-c2cccc(O)c2)cc1. The summed E-state index contributed by atoms with van der Waals surface area (Å²) >= 11 is 0. The van der Waals surface area contributed by atoms with Crippen LogP contribution in [0.5, 0.6) is 11.5 Å². The van der Waals surface area contributed by atoms with E-state index in [9.17, 15) is 13.5 Å². The van der Waals surface area contributed by atoms with Crippen molar-refractivity contribution < 1.29 is 18.3 Å². The lowest BCUT2D eigenvalue weighted by Crippen LogP contribution is -2.27. The Kier molecular flexibility index (Phi) is 5.24. The van der Waals surface area contributed by atoms with Gasteiger partial charge >= 0.3 is 0 Å². The van der Waals surface area contributed by atoms with Crippen LogP contribution in [0.15, 0.2) is 65.8 Å². The first-order chi connectivity index (χ1) is 12.5. The van der Waals surface area contributed by atoms with E-state index in [0.717, 1.165) is 5.56 Å². The summed E-state index contributed by atoms with van der Waals surface area (Å²) in [5.74, 6) is 1.40. The van der Waals surface area contributed by atoms with Crippen molar-refractivity contribution in [3.8, 4) is 22.9 Å². The van der Waals surface area contributed by atoms with E-state index in [2.05, 4.69) is 9.71 Å². The Balaban J connectivity index is 1.67. The summed E-state index contributed by atoms with van der Waals surface area (Å²) in [5.41, 5.74) is 0.757. The van der Waals surface area contributed by atoms with Crippen molar-refractivity contribution >= 4 is 10.0 Å². The fourth-order valence-electron chi connectivity index (χ4n) is 2.53. The summed E-state index contributed by atoms with van der Waals surface area (Å²) in [4.78, 5) is 4.46. The highest BCUT2D eigenvalue weighted by atomic mass is 32.2. The molecule has 0 aliphatic rings. The zero-order valence-corrected chi connectivity index (χ0v) is 15.0. The molecule has 0 amide bonds. The number of benzene rings is 2. The maximum atomic E-state index is 12.3. The Bertz CT molecular complexity index is 982. The lowest BCUT2D eigenvalue weighted by Gasteiger charge is -2.10. The third-order valence-corrected chi connectivity index (χ3v) is 5.31. The van der Waals surface area contributed by atoms with Crippen molar-refractivity contribution in [3.63, 3.8) is 0 Å². The lowest BCUT2D eigenvalue weighted by molar-refractivity contribution is 0.414. The molecular formula is C18H19N3O4S. The molecule has 1 heterocycles. The molecule has 0 unspecified atom stereocenters. The molecular weight excluding hydrogens is 354 g/mol. The van der Waals surface area contributed by atoms with E-state index in [1.807, 2.05) is 10.6 Å². The largest absolute Gasteiger partial charge is 0.508 e. The number of hydrogen-bond donors (Lipinski definition) is 2. The van der Waals surface area contributed by atoms with Crippen molar-refractivity contribution in [2.75, 3.05) is 13.7 Å². The van der Waals surface area contributed by atoms with Crippen molar-refractivity contribution in [1.82, 2.24) is 14.3 Å². The Morgan fingerprint density at radius 2 is 1.96 bits per heavy atom. The predicted molar refractivity (Wildman–Crippen MR) is 97.5 cm³/mol. The van der Waals surface area contributed by atoms with Gasteiger partial charge in [0.15, 0.2) is 0 Å². The number of phenols is 1. The Labute approximate surface area is 151 Å². The van der Waals surface area contributed by atoms with Gasteiger partial charge in [-0.2, -0.15) is 0 Å². The van der Waals surface area contributed by atoms with Crippen LogP contribution in [-0.2, 0) is 16.6 Å². The number of nitrogens with zero attached hydrogens (tertiary/aromatic N) is 2. The Hall–Kier alpha value is -2.84. The van der Waals surface area contributed by atoms with Crippen LogP contribution in [0.3, 0.4) is 0 Å². The summed E-state index contributed by atoms with van der Waals surface area (Å²) in [6.45, 7) is 0.608. The molecule has 136 valence electrons. The number of hydrogen-bond acceptors (Lipinski definition) is 5. The van der Waals surface area contributed by atoms with E-state index in [1.165, 1.54) is 19.2 Å². The topological polar surface area (TPSA) is 93.5 Å². The zero-order chi connectivity index (χ0) is 18.6. The number of phenolic OH excluding ortho intramolecular Hbond substituents is 1. The van der Waals surface area contributed by atoms with Crippen LogP contribution in [0.1, 0.15) is 0 Å². The molecule has 7 nitrogen and oxygen atoms in total. The van der Waals surface area contributed by atoms with Crippen LogP contribution >= 0.6 is 0 Å². The van der Waals surface area contributed by atoms with E-state index in [1.54, 1.807) is 42.7 Å². The van der Waals surface area contributed by atoms with Gasteiger partial charge in [-0.25, -0.2) is 18.1 Å². The van der Waals surface area contributed by atoms with Gasteiger partial charge in [0, 0.05) is 31.0 Å². The number of methoxy groups -OCH3 is 1. The smallest absolute Gasteiger partial charge is 0.240 e. The van der Waals surface area contributed by atoms with Crippen LogP contribution in [-0.4, -0.2) is 36.7 Å². The van der Waals surface area contributed by atoms with Gasteiger partial charge in [-0.15, -0.1) is 0 Å². The molecule has 3 aromatic rings. The van der Waals surface area contributed by atoms with E-state index >= 15 is 0 Å². The van der Waals surface area contributed by atoms with Crippen LogP contribution in [0, 0.1) is 0 Å². The standard InChI is InChI=1S/C18H19N3O4S/c1-25-16-5-7-17(8-6-16)26(23,24)20-10-12-21-11-9-19-18(21)14-3-2-4-15(22)13-14/h2-9,11,13,20,22H,10,12H2,1H3. The highest BCUT2D eigenvalue weighted by molar-refractivity contribution is 7.89. The average Bonchev–Trinajstić information content (AvgIpc) is 3.10. The third-order valence-electron chi connectivity index (χ3n) is 3.83. The highest BCUT2D eigenvalue weighted by Gasteiger charge is 2.14. The van der Waals surface area contributed by atoms with Crippen LogP contribution < -0.4 is 9.46 Å². The minimum absolute atomic E-state index is 0.150. The van der Waals surface area contributed by atoms with E-state index in [-0.39, 0.29) is 17.2 Å². The minimum Gasteiger partial charge on any atom is -0.508 e. The molecule has 2 aromatic carbocycles. The average molecular weight is 373 g/mol. The molecule has 0 aliphatic carbocycles. The number of rotatable bonds is 7. The maximum Gasteiger partial charge on any atom is 0.240 e. The maximum absolute atomic E-state index is 12.3. The summed E-state index contributed by atoms with van der Waals surface area (Å²) < 4.78 is 34.1. The van der Waals surface area contributed by atoms with Gasteiger partial charge in [0.25, 0.3) is 0 Å². The number of ether oxygens (including phenoxy) is 1. The Morgan fingerprint density at radius 3 is 2.65 bits per heavy atom. The van der Waals surface area contributed by atoms with E-state index in [4.69, 9.17) is 4.74 Å². The van der Waals surface area contributed by atoms with Gasteiger partial charge in [-0.05, 0) is 36.4 Å². The summed E-state index contributed by atoms with van der Waals surface area (Å²) in [5, 5.41) is 9.61.